The average Bonchev–Trinajstić information content (AvgIpc) is 2.70. The number of nitrogens with one attached hydrogen (secondary N) is 1. The number of hydrogen-bond donors (Lipinski definition) is 1. The minimum Gasteiger partial charge on any atom is -0.448 e. The van der Waals surface area contributed by atoms with Crippen LogP contribution < -0.4 is 5.32 Å². The van der Waals surface area contributed by atoms with Crippen LogP contribution in [0.2, 0.25) is 0 Å². The molecule has 4 nitrogen and oxygen atoms in total. The van der Waals surface area contributed by atoms with Gasteiger partial charge in [0.15, 0.2) is 6.39 Å². The van der Waals surface area contributed by atoms with Gasteiger partial charge < -0.3 is 9.73 Å². The van der Waals surface area contributed by atoms with Crippen LogP contribution in [0.4, 0.5) is 0 Å². The summed E-state index contributed by atoms with van der Waals surface area (Å²) in [5.41, 5.74) is 2.41. The van der Waals surface area contributed by atoms with Crippen molar-refractivity contribution in [2.24, 2.45) is 0 Å². The summed E-state index contributed by atoms with van der Waals surface area (Å²) in [6.07, 6.45) is 1.38. The number of rotatable bonds is 3. The molecule has 0 radical (unpaired) electrons. The van der Waals surface area contributed by atoms with E-state index in [-0.39, 0.29) is 5.91 Å². The maximum absolute atomic E-state index is 12.0. The molecule has 0 aliphatic heterocycles. The molecule has 2 aromatic rings. The number of oxazole rings is 1. The molecule has 18 heavy (non-hydrogen) atoms. The van der Waals surface area contributed by atoms with Crippen LogP contribution in [0.3, 0.4) is 0 Å². The minimum absolute atomic E-state index is 0.123. The lowest BCUT2D eigenvalue weighted by Gasteiger charge is -2.05. The average molecular weight is 309 g/mol. The van der Waals surface area contributed by atoms with Crippen molar-refractivity contribution in [1.29, 1.82) is 0 Å². The monoisotopic (exact) mass is 308 g/mol. The number of benzene rings is 1. The first-order valence-electron chi connectivity index (χ1n) is 5.50. The normalized spacial score (nSPS) is 10.4. The standard InChI is InChI=1S/C13H13BrN2O2/c1-8-3-10(5-11(14)4-8)13(17)15-6-12-9(2)18-7-16-12/h3-5,7H,6H2,1-2H3,(H,15,17). The molecule has 0 unspecified atom stereocenters. The maximum Gasteiger partial charge on any atom is 0.251 e. The lowest BCUT2D eigenvalue weighted by atomic mass is 10.1. The van der Waals surface area contributed by atoms with E-state index < -0.39 is 0 Å². The first-order valence-corrected chi connectivity index (χ1v) is 6.30. The lowest BCUT2D eigenvalue weighted by molar-refractivity contribution is 0.0950. The third-order valence-corrected chi connectivity index (χ3v) is 3.02. The molecule has 0 fully saturated rings. The summed E-state index contributed by atoms with van der Waals surface area (Å²) in [7, 11) is 0. The predicted molar refractivity (Wildman–Crippen MR) is 71.3 cm³/mol. The fraction of sp³-hybridized carbons (Fsp3) is 0.231. The van der Waals surface area contributed by atoms with Gasteiger partial charge in [0.2, 0.25) is 0 Å². The Bertz CT molecular complexity index is 558. The van der Waals surface area contributed by atoms with Crippen molar-refractivity contribution in [1.82, 2.24) is 10.3 Å². The van der Waals surface area contributed by atoms with Crippen molar-refractivity contribution in [2.45, 2.75) is 20.4 Å². The van der Waals surface area contributed by atoms with Crippen LogP contribution in [0.5, 0.6) is 0 Å². The molecule has 0 aliphatic carbocycles. The third-order valence-electron chi connectivity index (χ3n) is 2.57. The molecule has 5 heteroatoms. The third kappa shape index (κ3) is 2.98. The Morgan fingerprint density at radius 2 is 2.17 bits per heavy atom. The van der Waals surface area contributed by atoms with E-state index in [9.17, 15) is 4.79 Å². The highest BCUT2D eigenvalue weighted by Crippen LogP contribution is 2.15. The van der Waals surface area contributed by atoms with Gasteiger partial charge in [-0.05, 0) is 37.6 Å². The summed E-state index contributed by atoms with van der Waals surface area (Å²) in [6.45, 7) is 4.13. The molecule has 0 atom stereocenters. The predicted octanol–water partition coefficient (Wildman–Crippen LogP) is 2.98. The van der Waals surface area contributed by atoms with E-state index in [1.165, 1.54) is 6.39 Å². The van der Waals surface area contributed by atoms with Gasteiger partial charge in [0.05, 0.1) is 6.54 Å². The van der Waals surface area contributed by atoms with Gasteiger partial charge in [-0.1, -0.05) is 15.9 Å². The second-order valence-corrected chi connectivity index (χ2v) is 4.97. The largest absolute Gasteiger partial charge is 0.448 e. The number of hydrogen-bond acceptors (Lipinski definition) is 3. The molecule has 0 aliphatic rings. The molecule has 1 aromatic heterocycles. The van der Waals surface area contributed by atoms with Crippen LogP contribution in [-0.2, 0) is 6.54 Å². The maximum atomic E-state index is 12.0. The van der Waals surface area contributed by atoms with Crippen LogP contribution in [0.15, 0.2) is 33.5 Å². The molecule has 0 spiro atoms. The number of halogens is 1. The van der Waals surface area contributed by atoms with Crippen molar-refractivity contribution in [3.05, 3.63) is 51.6 Å². The van der Waals surface area contributed by atoms with Gasteiger partial charge in [0.25, 0.3) is 5.91 Å². The van der Waals surface area contributed by atoms with Gasteiger partial charge in [-0.15, -0.1) is 0 Å². The zero-order chi connectivity index (χ0) is 13.1. The Hall–Kier alpha value is -1.62. The summed E-state index contributed by atoms with van der Waals surface area (Å²) in [4.78, 5) is 16.0. The first kappa shape index (κ1) is 12.8. The molecular weight excluding hydrogens is 296 g/mol. The molecule has 94 valence electrons. The van der Waals surface area contributed by atoms with E-state index in [4.69, 9.17) is 4.42 Å². The van der Waals surface area contributed by atoms with E-state index in [0.29, 0.717) is 12.1 Å². The van der Waals surface area contributed by atoms with Crippen LogP contribution in [-0.4, -0.2) is 10.9 Å². The summed E-state index contributed by atoms with van der Waals surface area (Å²) in [6, 6.07) is 5.59. The molecular formula is C13H13BrN2O2. The minimum atomic E-state index is -0.123. The highest BCUT2D eigenvalue weighted by atomic mass is 79.9. The topological polar surface area (TPSA) is 55.1 Å². The van der Waals surface area contributed by atoms with Crippen LogP contribution >= 0.6 is 15.9 Å². The molecule has 0 saturated carbocycles. The fourth-order valence-corrected chi connectivity index (χ4v) is 2.24. The van der Waals surface area contributed by atoms with Crippen molar-refractivity contribution in [2.75, 3.05) is 0 Å². The number of aryl methyl sites for hydroxylation is 2. The van der Waals surface area contributed by atoms with Gasteiger partial charge in [0, 0.05) is 10.0 Å². The summed E-state index contributed by atoms with van der Waals surface area (Å²) >= 11 is 3.38. The van der Waals surface area contributed by atoms with Crippen molar-refractivity contribution >= 4 is 21.8 Å². The Balaban J connectivity index is 2.06. The fourth-order valence-electron chi connectivity index (χ4n) is 1.63. The van der Waals surface area contributed by atoms with E-state index in [1.54, 1.807) is 6.07 Å². The van der Waals surface area contributed by atoms with Gasteiger partial charge in [-0.25, -0.2) is 4.98 Å². The van der Waals surface area contributed by atoms with Crippen molar-refractivity contribution in [3.8, 4) is 0 Å². The Kier molecular flexibility index (Phi) is 3.81. The number of carbonyl (C=O) groups excluding carboxylic acids is 1. The zero-order valence-electron chi connectivity index (χ0n) is 10.2. The Morgan fingerprint density at radius 1 is 1.39 bits per heavy atom. The van der Waals surface area contributed by atoms with Crippen LogP contribution in [0.25, 0.3) is 0 Å². The number of nitrogens with zero attached hydrogens (tertiary/aromatic N) is 1. The van der Waals surface area contributed by atoms with Crippen LogP contribution in [0, 0.1) is 13.8 Å². The highest BCUT2D eigenvalue weighted by molar-refractivity contribution is 9.10. The van der Waals surface area contributed by atoms with Crippen molar-refractivity contribution in [3.63, 3.8) is 0 Å². The second kappa shape index (κ2) is 5.35. The van der Waals surface area contributed by atoms with E-state index in [2.05, 4.69) is 26.2 Å². The lowest BCUT2D eigenvalue weighted by Crippen LogP contribution is -2.23. The molecule has 2 rings (SSSR count). The smallest absolute Gasteiger partial charge is 0.251 e. The molecule has 1 aromatic carbocycles. The SMILES string of the molecule is Cc1cc(Br)cc(C(=O)NCc2ncoc2C)c1. The van der Waals surface area contributed by atoms with Crippen LogP contribution in [0.1, 0.15) is 27.4 Å². The van der Waals surface area contributed by atoms with Crippen molar-refractivity contribution < 1.29 is 9.21 Å². The highest BCUT2D eigenvalue weighted by Gasteiger charge is 2.09. The number of aromatic nitrogens is 1. The quantitative estimate of drug-likeness (QED) is 0.948. The number of amides is 1. The zero-order valence-corrected chi connectivity index (χ0v) is 11.7. The summed E-state index contributed by atoms with van der Waals surface area (Å²) in [5, 5.41) is 2.81. The van der Waals surface area contributed by atoms with E-state index in [1.807, 2.05) is 26.0 Å². The molecule has 0 bridgehead atoms. The Morgan fingerprint density at radius 3 is 2.78 bits per heavy atom. The molecule has 1 N–H and O–H groups in total. The van der Waals surface area contributed by atoms with E-state index >= 15 is 0 Å². The summed E-state index contributed by atoms with van der Waals surface area (Å²) in [5.74, 6) is 0.600. The molecule has 1 heterocycles. The van der Waals surface area contributed by atoms with Gasteiger partial charge in [-0.3, -0.25) is 4.79 Å². The van der Waals surface area contributed by atoms with E-state index in [0.717, 1.165) is 21.5 Å². The second-order valence-electron chi connectivity index (χ2n) is 4.06. The Labute approximate surface area is 114 Å². The first-order chi connectivity index (χ1) is 8.56. The molecule has 0 saturated heterocycles. The van der Waals surface area contributed by atoms with Gasteiger partial charge in [-0.2, -0.15) is 0 Å². The molecule has 1 amide bonds. The summed E-state index contributed by atoms with van der Waals surface area (Å²) < 4.78 is 5.96. The van der Waals surface area contributed by atoms with Gasteiger partial charge >= 0.3 is 0 Å². The van der Waals surface area contributed by atoms with Gasteiger partial charge in [0.1, 0.15) is 11.5 Å². The number of carbonyl (C=O) groups is 1.